The third-order valence-electron chi connectivity index (χ3n) is 4.92. The Morgan fingerprint density at radius 3 is 2.48 bits per heavy atom. The molecule has 0 saturated carbocycles. The zero-order chi connectivity index (χ0) is 22.4. The number of rotatable bonds is 8. The molecule has 31 heavy (non-hydrogen) atoms. The Kier molecular flexibility index (Phi) is 7.25. The summed E-state index contributed by atoms with van der Waals surface area (Å²) in [5, 5.41) is 14.7. The number of hydrogen-bond acceptors (Lipinski definition) is 5. The number of nitrogens with one attached hydrogen (secondary N) is 2. The second-order valence-electron chi connectivity index (χ2n) is 7.70. The third-order valence-corrected chi connectivity index (χ3v) is 4.92. The maximum absolute atomic E-state index is 12.3. The van der Waals surface area contributed by atoms with Crippen LogP contribution in [0.25, 0.3) is 0 Å². The Labute approximate surface area is 181 Å². The molecule has 2 atom stereocenters. The number of anilines is 2. The van der Waals surface area contributed by atoms with Gasteiger partial charge in [0.25, 0.3) is 5.91 Å². The fraction of sp³-hybridized carbons (Fsp3) is 0.348. The van der Waals surface area contributed by atoms with Gasteiger partial charge in [0, 0.05) is 30.9 Å². The molecule has 1 fully saturated rings. The van der Waals surface area contributed by atoms with Crippen molar-refractivity contribution >= 4 is 29.1 Å². The lowest BCUT2D eigenvalue weighted by Gasteiger charge is -2.17. The van der Waals surface area contributed by atoms with Crippen molar-refractivity contribution in [2.75, 3.05) is 29.9 Å². The minimum absolute atomic E-state index is 0.128. The maximum atomic E-state index is 12.3. The van der Waals surface area contributed by atoms with Gasteiger partial charge in [0.1, 0.15) is 5.75 Å². The van der Waals surface area contributed by atoms with Gasteiger partial charge >= 0.3 is 0 Å². The summed E-state index contributed by atoms with van der Waals surface area (Å²) < 4.78 is 5.52. The van der Waals surface area contributed by atoms with Crippen molar-refractivity contribution in [2.24, 2.45) is 5.92 Å². The fourth-order valence-corrected chi connectivity index (χ4v) is 3.23. The highest BCUT2D eigenvalue weighted by Crippen LogP contribution is 2.27. The summed E-state index contributed by atoms with van der Waals surface area (Å²) in [5.74, 6) is -0.596. The van der Waals surface area contributed by atoms with Crippen LogP contribution >= 0.6 is 0 Å². The van der Waals surface area contributed by atoms with Gasteiger partial charge in [-0.05, 0) is 50.2 Å². The Morgan fingerprint density at radius 1 is 1.16 bits per heavy atom. The quantitative estimate of drug-likeness (QED) is 0.598. The summed E-state index contributed by atoms with van der Waals surface area (Å²) >= 11 is 0. The molecule has 1 heterocycles. The Morgan fingerprint density at radius 2 is 1.84 bits per heavy atom. The minimum atomic E-state index is -0.635. The number of ether oxygens (including phenoxy) is 1. The van der Waals surface area contributed by atoms with Crippen molar-refractivity contribution < 1.29 is 24.2 Å². The Balaban J connectivity index is 1.50. The number of carbonyl (C=O) groups is 3. The number of benzene rings is 2. The number of carbonyl (C=O) groups excluding carboxylic acids is 3. The van der Waals surface area contributed by atoms with Crippen LogP contribution in [0.4, 0.5) is 11.4 Å². The summed E-state index contributed by atoms with van der Waals surface area (Å²) in [5.41, 5.74) is 2.47. The van der Waals surface area contributed by atoms with E-state index >= 15 is 0 Å². The van der Waals surface area contributed by atoms with E-state index < -0.39 is 12.0 Å². The largest absolute Gasteiger partial charge is 0.484 e. The predicted molar refractivity (Wildman–Crippen MR) is 117 cm³/mol. The molecule has 8 nitrogen and oxygen atoms in total. The van der Waals surface area contributed by atoms with E-state index in [-0.39, 0.29) is 43.8 Å². The molecule has 164 valence electrons. The standard InChI is InChI=1S/C23H27N3O5/c1-15-3-5-18(6-4-15)25-21(28)14-31-20-9-7-19(8-10-20)26-13-17(11-22(26)29)23(30)24-12-16(2)27/h3-10,16-17,27H,11-14H2,1-2H3,(H,24,30)(H,25,28)/t16-,17-/m0/s1. The second kappa shape index (κ2) is 10.1. The van der Waals surface area contributed by atoms with Gasteiger partial charge in [0.2, 0.25) is 11.8 Å². The molecule has 0 bridgehead atoms. The van der Waals surface area contributed by atoms with Gasteiger partial charge in [-0.15, -0.1) is 0 Å². The van der Waals surface area contributed by atoms with Crippen LogP contribution in [-0.2, 0) is 14.4 Å². The summed E-state index contributed by atoms with van der Waals surface area (Å²) in [6.07, 6.45) is -0.507. The number of amides is 3. The first-order valence-corrected chi connectivity index (χ1v) is 10.2. The van der Waals surface area contributed by atoms with Crippen LogP contribution in [0.5, 0.6) is 5.75 Å². The van der Waals surface area contributed by atoms with Gasteiger partial charge in [-0.3, -0.25) is 14.4 Å². The van der Waals surface area contributed by atoms with E-state index in [1.807, 2.05) is 31.2 Å². The summed E-state index contributed by atoms with van der Waals surface area (Å²) in [7, 11) is 0. The molecule has 3 N–H and O–H groups in total. The van der Waals surface area contributed by atoms with E-state index in [1.54, 1.807) is 36.1 Å². The molecule has 8 heteroatoms. The SMILES string of the molecule is Cc1ccc(NC(=O)COc2ccc(N3C[C@@H](C(=O)NC[C@H](C)O)CC3=O)cc2)cc1. The molecule has 2 aromatic rings. The van der Waals surface area contributed by atoms with Gasteiger partial charge in [-0.1, -0.05) is 17.7 Å². The molecule has 0 aromatic heterocycles. The summed E-state index contributed by atoms with van der Waals surface area (Å²) in [6, 6.07) is 14.3. The fourth-order valence-electron chi connectivity index (χ4n) is 3.23. The first kappa shape index (κ1) is 22.3. The lowest BCUT2D eigenvalue weighted by Crippen LogP contribution is -2.36. The monoisotopic (exact) mass is 425 g/mol. The molecule has 1 aliphatic heterocycles. The Hall–Kier alpha value is -3.39. The van der Waals surface area contributed by atoms with Crippen molar-refractivity contribution in [3.63, 3.8) is 0 Å². The highest BCUT2D eigenvalue weighted by atomic mass is 16.5. The molecule has 3 amide bonds. The van der Waals surface area contributed by atoms with Crippen LogP contribution in [0.3, 0.4) is 0 Å². The van der Waals surface area contributed by atoms with E-state index in [0.717, 1.165) is 5.56 Å². The predicted octanol–water partition coefficient (Wildman–Crippen LogP) is 1.86. The Bertz CT molecular complexity index is 925. The highest BCUT2D eigenvalue weighted by molar-refractivity contribution is 6.00. The smallest absolute Gasteiger partial charge is 0.262 e. The molecular weight excluding hydrogens is 398 g/mol. The van der Waals surface area contributed by atoms with Crippen LogP contribution in [0.1, 0.15) is 18.9 Å². The van der Waals surface area contributed by atoms with Crippen molar-refractivity contribution in [3.8, 4) is 5.75 Å². The number of aliphatic hydroxyl groups is 1. The van der Waals surface area contributed by atoms with E-state index in [0.29, 0.717) is 17.1 Å². The first-order valence-electron chi connectivity index (χ1n) is 10.2. The summed E-state index contributed by atoms with van der Waals surface area (Å²) in [4.78, 5) is 38.1. The average molecular weight is 425 g/mol. The molecule has 2 aromatic carbocycles. The average Bonchev–Trinajstić information content (AvgIpc) is 3.14. The van der Waals surface area contributed by atoms with Crippen molar-refractivity contribution in [3.05, 3.63) is 54.1 Å². The van der Waals surface area contributed by atoms with Crippen LogP contribution in [-0.4, -0.2) is 48.6 Å². The van der Waals surface area contributed by atoms with Crippen molar-refractivity contribution in [2.45, 2.75) is 26.4 Å². The third kappa shape index (κ3) is 6.29. The molecule has 0 radical (unpaired) electrons. The van der Waals surface area contributed by atoms with E-state index in [4.69, 9.17) is 4.74 Å². The topological polar surface area (TPSA) is 108 Å². The second-order valence-corrected chi connectivity index (χ2v) is 7.70. The van der Waals surface area contributed by atoms with Gasteiger partial charge < -0.3 is 25.4 Å². The van der Waals surface area contributed by atoms with Gasteiger partial charge in [-0.25, -0.2) is 0 Å². The van der Waals surface area contributed by atoms with Crippen LogP contribution in [0.15, 0.2) is 48.5 Å². The number of nitrogens with zero attached hydrogens (tertiary/aromatic N) is 1. The zero-order valence-electron chi connectivity index (χ0n) is 17.6. The van der Waals surface area contributed by atoms with Gasteiger partial charge in [-0.2, -0.15) is 0 Å². The lowest BCUT2D eigenvalue weighted by atomic mass is 10.1. The van der Waals surface area contributed by atoms with E-state index in [9.17, 15) is 19.5 Å². The molecule has 1 aliphatic rings. The van der Waals surface area contributed by atoms with Gasteiger partial charge in [0.15, 0.2) is 6.61 Å². The number of hydrogen-bond donors (Lipinski definition) is 3. The van der Waals surface area contributed by atoms with Gasteiger partial charge in [0.05, 0.1) is 12.0 Å². The van der Waals surface area contributed by atoms with E-state index in [1.165, 1.54) is 0 Å². The van der Waals surface area contributed by atoms with Crippen LogP contribution in [0.2, 0.25) is 0 Å². The molecular formula is C23H27N3O5. The molecule has 0 aliphatic carbocycles. The van der Waals surface area contributed by atoms with Crippen molar-refractivity contribution in [1.29, 1.82) is 0 Å². The van der Waals surface area contributed by atoms with Crippen LogP contribution < -0.4 is 20.3 Å². The molecule has 3 rings (SSSR count). The molecule has 1 saturated heterocycles. The van der Waals surface area contributed by atoms with E-state index in [2.05, 4.69) is 10.6 Å². The molecule has 0 spiro atoms. The normalized spacial score (nSPS) is 16.7. The van der Waals surface area contributed by atoms with Crippen molar-refractivity contribution in [1.82, 2.24) is 5.32 Å². The zero-order valence-corrected chi connectivity index (χ0v) is 17.6. The molecule has 0 unspecified atom stereocenters. The lowest BCUT2D eigenvalue weighted by molar-refractivity contribution is -0.126. The van der Waals surface area contributed by atoms with Crippen LogP contribution in [0, 0.1) is 12.8 Å². The maximum Gasteiger partial charge on any atom is 0.262 e. The highest BCUT2D eigenvalue weighted by Gasteiger charge is 2.35. The number of aliphatic hydroxyl groups excluding tert-OH is 1. The summed E-state index contributed by atoms with van der Waals surface area (Å²) in [6.45, 7) is 3.86. The first-order chi connectivity index (χ1) is 14.8. The minimum Gasteiger partial charge on any atom is -0.484 e. The number of aryl methyl sites for hydroxylation is 1.